The van der Waals surface area contributed by atoms with Crippen LogP contribution in [-0.4, -0.2) is 43.2 Å². The van der Waals surface area contributed by atoms with Crippen LogP contribution in [0, 0.1) is 0 Å². The maximum atomic E-state index is 12.7. The van der Waals surface area contributed by atoms with E-state index in [4.69, 9.17) is 4.98 Å². The van der Waals surface area contributed by atoms with Gasteiger partial charge < -0.3 is 5.32 Å². The van der Waals surface area contributed by atoms with Crippen LogP contribution in [0.15, 0.2) is 29.2 Å². The maximum absolute atomic E-state index is 12.7. The molecule has 2 aromatic rings. The number of aryl methyl sites for hydroxylation is 3. The van der Waals surface area contributed by atoms with E-state index in [1.807, 2.05) is 0 Å². The first kappa shape index (κ1) is 21.9. The van der Waals surface area contributed by atoms with Crippen molar-refractivity contribution in [1.29, 1.82) is 0 Å². The van der Waals surface area contributed by atoms with Crippen molar-refractivity contribution in [3.8, 4) is 0 Å². The number of sulfonamides is 1. The molecule has 0 radical (unpaired) electrons. The molecular formula is C21H29N3O3S2. The molecule has 1 amide bonds. The summed E-state index contributed by atoms with van der Waals surface area (Å²) in [5.74, 6) is -0.250. The van der Waals surface area contributed by atoms with Gasteiger partial charge in [0.1, 0.15) is 0 Å². The van der Waals surface area contributed by atoms with Crippen molar-refractivity contribution in [2.24, 2.45) is 0 Å². The predicted octanol–water partition coefficient (Wildman–Crippen LogP) is 3.42. The van der Waals surface area contributed by atoms with E-state index in [0.29, 0.717) is 25.2 Å². The Hall–Kier alpha value is -1.77. The number of thiazole rings is 1. The Labute approximate surface area is 177 Å². The maximum Gasteiger partial charge on any atom is 0.251 e. The highest BCUT2D eigenvalue weighted by Gasteiger charge is 2.22. The third-order valence-electron chi connectivity index (χ3n) is 5.18. The molecule has 1 aromatic carbocycles. The zero-order chi connectivity index (χ0) is 20.9. The molecular weight excluding hydrogens is 406 g/mol. The molecule has 6 nitrogen and oxygen atoms in total. The van der Waals surface area contributed by atoms with Crippen LogP contribution in [0.1, 0.15) is 59.0 Å². The normalized spacial score (nSPS) is 14.0. The lowest BCUT2D eigenvalue weighted by Gasteiger charge is -2.18. The summed E-state index contributed by atoms with van der Waals surface area (Å²) < 4.78 is 26.7. The van der Waals surface area contributed by atoms with Crippen LogP contribution in [-0.2, 0) is 29.3 Å². The standard InChI is InChI=1S/C21H29N3O3S2/c1-3-24(4-2)29(26,27)17-10-7-9-16(15-17)21(25)22-14-8-13-20-23-18-11-5-6-12-19(18)28-20/h7,9-10,15H,3-6,8,11-14H2,1-2H3,(H,22,25). The van der Waals surface area contributed by atoms with E-state index in [-0.39, 0.29) is 10.8 Å². The van der Waals surface area contributed by atoms with Gasteiger partial charge in [-0.2, -0.15) is 4.31 Å². The van der Waals surface area contributed by atoms with Gasteiger partial charge in [-0.05, 0) is 50.3 Å². The second-order valence-corrected chi connectivity index (χ2v) is 10.3. The molecule has 0 fully saturated rings. The molecule has 0 spiro atoms. The highest BCUT2D eigenvalue weighted by atomic mass is 32.2. The molecule has 0 unspecified atom stereocenters. The van der Waals surface area contributed by atoms with Crippen molar-refractivity contribution in [2.45, 2.75) is 57.3 Å². The van der Waals surface area contributed by atoms with Crippen molar-refractivity contribution >= 4 is 27.3 Å². The number of nitrogens with zero attached hydrogens (tertiary/aromatic N) is 2. The molecule has 0 aliphatic heterocycles. The summed E-state index contributed by atoms with van der Waals surface area (Å²) >= 11 is 1.81. The molecule has 0 saturated carbocycles. The summed E-state index contributed by atoms with van der Waals surface area (Å²) in [6.07, 6.45) is 6.40. The molecule has 1 aromatic heterocycles. The molecule has 29 heavy (non-hydrogen) atoms. The fourth-order valence-electron chi connectivity index (χ4n) is 3.57. The lowest BCUT2D eigenvalue weighted by atomic mass is 10.0. The van der Waals surface area contributed by atoms with Crippen molar-refractivity contribution in [2.75, 3.05) is 19.6 Å². The Morgan fingerprint density at radius 3 is 2.69 bits per heavy atom. The number of rotatable bonds is 9. The van der Waals surface area contributed by atoms with E-state index in [2.05, 4.69) is 5.32 Å². The highest BCUT2D eigenvalue weighted by molar-refractivity contribution is 7.89. The molecule has 0 atom stereocenters. The van der Waals surface area contributed by atoms with Crippen LogP contribution in [0.2, 0.25) is 0 Å². The number of benzene rings is 1. The number of fused-ring (bicyclic) bond motifs is 1. The Morgan fingerprint density at radius 1 is 1.21 bits per heavy atom. The molecule has 0 saturated heterocycles. The molecule has 158 valence electrons. The van der Waals surface area contributed by atoms with E-state index >= 15 is 0 Å². The van der Waals surface area contributed by atoms with E-state index in [1.165, 1.54) is 39.9 Å². The van der Waals surface area contributed by atoms with Crippen molar-refractivity contribution < 1.29 is 13.2 Å². The van der Waals surface area contributed by atoms with Crippen molar-refractivity contribution in [3.63, 3.8) is 0 Å². The smallest absolute Gasteiger partial charge is 0.251 e. The summed E-state index contributed by atoms with van der Waals surface area (Å²) in [5, 5.41) is 4.05. The topological polar surface area (TPSA) is 79.4 Å². The number of carbonyl (C=O) groups excluding carboxylic acids is 1. The van der Waals surface area contributed by atoms with Crippen LogP contribution in [0.5, 0.6) is 0 Å². The molecule has 8 heteroatoms. The van der Waals surface area contributed by atoms with Crippen molar-refractivity contribution in [3.05, 3.63) is 45.4 Å². The number of nitrogens with one attached hydrogen (secondary N) is 1. The second kappa shape index (κ2) is 9.82. The van der Waals surface area contributed by atoms with Gasteiger partial charge in [-0.15, -0.1) is 11.3 Å². The van der Waals surface area contributed by atoms with E-state index in [1.54, 1.807) is 37.3 Å². The monoisotopic (exact) mass is 435 g/mol. The van der Waals surface area contributed by atoms with Crippen LogP contribution in [0.4, 0.5) is 0 Å². The number of amides is 1. The average molecular weight is 436 g/mol. The van der Waals surface area contributed by atoms with E-state index in [0.717, 1.165) is 30.7 Å². The van der Waals surface area contributed by atoms with Crippen LogP contribution < -0.4 is 5.32 Å². The molecule has 1 N–H and O–H groups in total. The van der Waals surface area contributed by atoms with Gasteiger partial charge >= 0.3 is 0 Å². The Bertz CT molecular complexity index is 926. The zero-order valence-electron chi connectivity index (χ0n) is 17.1. The Kier molecular flexibility index (Phi) is 7.43. The Morgan fingerprint density at radius 2 is 1.97 bits per heavy atom. The van der Waals surface area contributed by atoms with Gasteiger partial charge in [0.15, 0.2) is 0 Å². The van der Waals surface area contributed by atoms with Gasteiger partial charge in [-0.25, -0.2) is 13.4 Å². The summed E-state index contributed by atoms with van der Waals surface area (Å²) in [6.45, 7) is 4.94. The number of aromatic nitrogens is 1. The highest BCUT2D eigenvalue weighted by Crippen LogP contribution is 2.27. The average Bonchev–Trinajstić information content (AvgIpc) is 3.14. The first-order valence-electron chi connectivity index (χ1n) is 10.3. The van der Waals surface area contributed by atoms with Gasteiger partial charge in [0.2, 0.25) is 10.0 Å². The minimum atomic E-state index is -3.57. The zero-order valence-corrected chi connectivity index (χ0v) is 18.7. The first-order chi connectivity index (χ1) is 14.0. The fourth-order valence-corrected chi connectivity index (χ4v) is 6.27. The van der Waals surface area contributed by atoms with Gasteiger partial charge in [-0.3, -0.25) is 4.79 Å². The SMILES string of the molecule is CCN(CC)S(=O)(=O)c1cccc(C(=O)NCCCc2nc3c(s2)CCCC3)c1. The number of carbonyl (C=O) groups is 1. The predicted molar refractivity (Wildman–Crippen MR) is 116 cm³/mol. The van der Waals surface area contributed by atoms with Crippen molar-refractivity contribution in [1.82, 2.24) is 14.6 Å². The van der Waals surface area contributed by atoms with Gasteiger partial charge in [0.25, 0.3) is 5.91 Å². The summed E-state index contributed by atoms with van der Waals surface area (Å²) in [5.41, 5.74) is 1.63. The van der Waals surface area contributed by atoms with E-state index in [9.17, 15) is 13.2 Å². The first-order valence-corrected chi connectivity index (χ1v) is 12.6. The summed E-state index contributed by atoms with van der Waals surface area (Å²) in [4.78, 5) is 18.8. The Balaban J connectivity index is 1.55. The quantitative estimate of drug-likeness (QED) is 0.612. The van der Waals surface area contributed by atoms with Gasteiger partial charge in [0, 0.05) is 36.5 Å². The summed E-state index contributed by atoms with van der Waals surface area (Å²) in [7, 11) is -3.57. The molecule has 3 rings (SSSR count). The molecule has 1 aliphatic carbocycles. The third kappa shape index (κ3) is 5.24. The lowest BCUT2D eigenvalue weighted by Crippen LogP contribution is -2.31. The van der Waals surface area contributed by atoms with E-state index < -0.39 is 10.0 Å². The molecule has 0 bridgehead atoms. The summed E-state index contributed by atoms with van der Waals surface area (Å²) in [6, 6.07) is 6.25. The number of hydrogen-bond donors (Lipinski definition) is 1. The molecule has 1 aliphatic rings. The van der Waals surface area contributed by atoms with Gasteiger partial charge in [0.05, 0.1) is 15.6 Å². The van der Waals surface area contributed by atoms with Crippen LogP contribution >= 0.6 is 11.3 Å². The largest absolute Gasteiger partial charge is 0.352 e. The fraction of sp³-hybridized carbons (Fsp3) is 0.524. The number of hydrogen-bond acceptors (Lipinski definition) is 5. The molecule has 1 heterocycles. The lowest BCUT2D eigenvalue weighted by molar-refractivity contribution is 0.0953. The van der Waals surface area contributed by atoms with Gasteiger partial charge in [-0.1, -0.05) is 19.9 Å². The third-order valence-corrected chi connectivity index (χ3v) is 8.45. The van der Waals surface area contributed by atoms with Crippen LogP contribution in [0.25, 0.3) is 0 Å². The van der Waals surface area contributed by atoms with Crippen LogP contribution in [0.3, 0.4) is 0 Å². The second-order valence-electron chi connectivity index (χ2n) is 7.16. The minimum Gasteiger partial charge on any atom is -0.352 e. The minimum absolute atomic E-state index is 0.155.